The summed E-state index contributed by atoms with van der Waals surface area (Å²) >= 11 is 12.2. The van der Waals surface area contributed by atoms with Gasteiger partial charge in [0.2, 0.25) is 0 Å². The van der Waals surface area contributed by atoms with E-state index < -0.39 is 35.2 Å². The lowest BCUT2D eigenvalue weighted by Gasteiger charge is -2.40. The van der Waals surface area contributed by atoms with Crippen LogP contribution in [0.4, 0.5) is 10.6 Å². The standard InChI is InChI=1S/C29H30Cl2N6O6/c1-17(38)29(10-12-37(13-11-29)16-18-6-3-2-4-7-18)36-28(43)33-22(26(40)41)14-19-15-32-27(42)35-24(19)34-25(39)23-20(30)8-5-9-21(23)31/h2-9,15,22H,10-14,16H2,1H3,(H,40,41)(H2,33,36,43)(H2,32,34,35,39,42). The number of aromatic nitrogens is 2. The third-order valence-corrected chi connectivity index (χ3v) is 7.96. The Kier molecular flexibility index (Phi) is 10.2. The number of ketones is 1. The summed E-state index contributed by atoms with van der Waals surface area (Å²) in [7, 11) is 0. The first-order valence-corrected chi connectivity index (χ1v) is 14.2. The highest BCUT2D eigenvalue weighted by atomic mass is 35.5. The van der Waals surface area contributed by atoms with Crippen molar-refractivity contribution in [3.8, 4) is 0 Å². The number of urea groups is 1. The monoisotopic (exact) mass is 628 g/mol. The fraction of sp³-hybridized carbons (Fsp3) is 0.310. The zero-order chi connectivity index (χ0) is 31.1. The van der Waals surface area contributed by atoms with Crippen molar-refractivity contribution in [1.29, 1.82) is 0 Å². The molecule has 43 heavy (non-hydrogen) atoms. The molecule has 1 saturated heterocycles. The average Bonchev–Trinajstić information content (AvgIpc) is 2.95. The fourth-order valence-corrected chi connectivity index (χ4v) is 5.48. The second kappa shape index (κ2) is 13.8. The number of likely N-dealkylation sites (tertiary alicyclic amines) is 1. The van der Waals surface area contributed by atoms with Gasteiger partial charge in [0.25, 0.3) is 5.91 Å². The largest absolute Gasteiger partial charge is 0.480 e. The van der Waals surface area contributed by atoms with Crippen LogP contribution in [0.5, 0.6) is 0 Å². The molecule has 0 bridgehead atoms. The molecule has 226 valence electrons. The SMILES string of the molecule is CC(=O)C1(NC(=O)NC(Cc2cnc(=O)[nH]c2NC(=O)c2c(Cl)cccc2Cl)C(=O)O)CCN(Cc2ccccc2)CC1. The average molecular weight is 630 g/mol. The quantitative estimate of drug-likeness (QED) is 0.227. The van der Waals surface area contributed by atoms with Crippen molar-refractivity contribution in [3.05, 3.63) is 91.9 Å². The number of aliphatic carboxylic acids is 1. The van der Waals surface area contributed by atoms with Gasteiger partial charge in [-0.1, -0.05) is 59.6 Å². The minimum absolute atomic E-state index is 0.0499. The van der Waals surface area contributed by atoms with E-state index in [0.717, 1.165) is 11.8 Å². The lowest BCUT2D eigenvalue weighted by molar-refractivity contribution is -0.139. The van der Waals surface area contributed by atoms with Crippen LogP contribution in [0, 0.1) is 0 Å². The van der Waals surface area contributed by atoms with Gasteiger partial charge in [-0.15, -0.1) is 0 Å². The zero-order valence-electron chi connectivity index (χ0n) is 23.2. The van der Waals surface area contributed by atoms with Crippen molar-refractivity contribution < 1.29 is 24.3 Å². The lowest BCUT2D eigenvalue weighted by atomic mass is 9.84. The number of anilines is 1. The van der Waals surface area contributed by atoms with Crippen LogP contribution in [0.2, 0.25) is 10.0 Å². The number of carboxylic acids is 1. The molecule has 2 heterocycles. The molecule has 4 rings (SSSR count). The molecule has 1 aliphatic heterocycles. The molecule has 2 aromatic carbocycles. The second-order valence-corrected chi connectivity index (χ2v) is 11.0. The molecule has 14 heteroatoms. The van der Waals surface area contributed by atoms with Crippen molar-refractivity contribution in [2.24, 2.45) is 0 Å². The van der Waals surface area contributed by atoms with Crippen LogP contribution in [0.1, 0.15) is 41.3 Å². The zero-order valence-corrected chi connectivity index (χ0v) is 24.7. The highest BCUT2D eigenvalue weighted by molar-refractivity contribution is 6.40. The number of benzene rings is 2. The number of rotatable bonds is 10. The Bertz CT molecular complexity index is 1550. The molecule has 12 nitrogen and oxygen atoms in total. The first-order chi connectivity index (χ1) is 20.5. The molecule has 0 radical (unpaired) electrons. The van der Waals surface area contributed by atoms with Crippen molar-refractivity contribution >= 4 is 52.7 Å². The first-order valence-electron chi connectivity index (χ1n) is 13.4. The molecule has 1 unspecified atom stereocenters. The molecule has 0 saturated carbocycles. The molecule has 0 aliphatic carbocycles. The molecule has 1 atom stereocenters. The number of nitrogens with one attached hydrogen (secondary N) is 4. The molecule has 3 aromatic rings. The summed E-state index contributed by atoms with van der Waals surface area (Å²) in [5.74, 6) is -2.51. The summed E-state index contributed by atoms with van der Waals surface area (Å²) in [6, 6.07) is 12.0. The van der Waals surface area contributed by atoms with E-state index in [1.165, 1.54) is 19.1 Å². The summed E-state index contributed by atoms with van der Waals surface area (Å²) in [5.41, 5.74) is -0.767. The van der Waals surface area contributed by atoms with E-state index >= 15 is 0 Å². The number of carboxylic acid groups (broad SMARTS) is 1. The minimum atomic E-state index is -1.51. The number of hydrogen-bond acceptors (Lipinski definition) is 7. The first kappa shape index (κ1) is 31.7. The molecule has 5 N–H and O–H groups in total. The van der Waals surface area contributed by atoms with Crippen LogP contribution in [0.3, 0.4) is 0 Å². The minimum Gasteiger partial charge on any atom is -0.480 e. The van der Waals surface area contributed by atoms with E-state index in [0.29, 0.717) is 32.5 Å². The van der Waals surface area contributed by atoms with Gasteiger partial charge in [0.15, 0.2) is 5.78 Å². The van der Waals surface area contributed by atoms with E-state index in [2.05, 4.69) is 30.8 Å². The van der Waals surface area contributed by atoms with Gasteiger partial charge in [-0.2, -0.15) is 0 Å². The van der Waals surface area contributed by atoms with E-state index in [1.54, 1.807) is 6.07 Å². The van der Waals surface area contributed by atoms with Crippen LogP contribution in [-0.2, 0) is 22.6 Å². The van der Waals surface area contributed by atoms with Gasteiger partial charge in [-0.3, -0.25) is 19.5 Å². The van der Waals surface area contributed by atoms with Gasteiger partial charge in [-0.25, -0.2) is 19.4 Å². The molecular weight excluding hydrogens is 599 g/mol. The third-order valence-electron chi connectivity index (χ3n) is 7.33. The van der Waals surface area contributed by atoms with Crippen molar-refractivity contribution in [3.63, 3.8) is 0 Å². The highest BCUT2D eigenvalue weighted by Crippen LogP contribution is 2.26. The number of aromatic amines is 1. The number of piperidine rings is 1. The van der Waals surface area contributed by atoms with E-state index in [4.69, 9.17) is 23.2 Å². The molecular formula is C29H30Cl2N6O6. The predicted molar refractivity (Wildman–Crippen MR) is 160 cm³/mol. The second-order valence-electron chi connectivity index (χ2n) is 10.2. The topological polar surface area (TPSA) is 174 Å². The van der Waals surface area contributed by atoms with E-state index in [9.17, 15) is 29.1 Å². The Balaban J connectivity index is 1.44. The number of halogens is 2. The summed E-state index contributed by atoms with van der Waals surface area (Å²) in [4.78, 5) is 70.9. The van der Waals surface area contributed by atoms with E-state index in [1.807, 2.05) is 30.3 Å². The molecule has 1 aromatic heterocycles. The maximum Gasteiger partial charge on any atom is 0.346 e. The van der Waals surface area contributed by atoms with E-state index in [-0.39, 0.29) is 39.2 Å². The van der Waals surface area contributed by atoms with Crippen LogP contribution in [-0.4, -0.2) is 68.3 Å². The van der Waals surface area contributed by atoms with Gasteiger partial charge in [0, 0.05) is 37.8 Å². The maximum atomic E-state index is 13.1. The highest BCUT2D eigenvalue weighted by Gasteiger charge is 2.40. The number of carbonyl (C=O) groups excluding carboxylic acids is 3. The van der Waals surface area contributed by atoms with Crippen LogP contribution >= 0.6 is 23.2 Å². The number of carbonyl (C=O) groups is 4. The van der Waals surface area contributed by atoms with Crippen LogP contribution < -0.4 is 21.6 Å². The van der Waals surface area contributed by atoms with Crippen molar-refractivity contribution in [2.75, 3.05) is 18.4 Å². The summed E-state index contributed by atoms with van der Waals surface area (Å²) in [6.45, 7) is 3.21. The smallest absolute Gasteiger partial charge is 0.346 e. The molecule has 1 fully saturated rings. The van der Waals surface area contributed by atoms with Gasteiger partial charge < -0.3 is 21.1 Å². The summed E-state index contributed by atoms with van der Waals surface area (Å²) < 4.78 is 0. The number of Topliss-reactive ketones (excluding diaryl/α,β-unsaturated/α-hetero) is 1. The fourth-order valence-electron chi connectivity index (χ4n) is 4.91. The van der Waals surface area contributed by atoms with Gasteiger partial charge in [0.1, 0.15) is 17.4 Å². The number of H-pyrrole nitrogens is 1. The molecule has 3 amide bonds. The third kappa shape index (κ3) is 7.98. The number of hydrogen-bond donors (Lipinski definition) is 5. The number of nitrogens with zero attached hydrogens (tertiary/aromatic N) is 2. The predicted octanol–water partition coefficient (Wildman–Crippen LogP) is 3.25. The van der Waals surface area contributed by atoms with Crippen LogP contribution in [0.25, 0.3) is 0 Å². The van der Waals surface area contributed by atoms with Gasteiger partial charge in [0.05, 0.1) is 15.6 Å². The maximum absolute atomic E-state index is 13.1. The molecule has 0 spiro atoms. The Labute approximate surface area is 256 Å². The summed E-state index contributed by atoms with van der Waals surface area (Å²) in [5, 5.41) is 17.6. The Morgan fingerprint density at radius 2 is 1.70 bits per heavy atom. The Hall–Kier alpha value is -4.26. The number of amides is 3. The molecule has 1 aliphatic rings. The van der Waals surface area contributed by atoms with Gasteiger partial charge in [-0.05, 0) is 37.5 Å². The van der Waals surface area contributed by atoms with Crippen molar-refractivity contribution in [1.82, 2.24) is 25.5 Å². The van der Waals surface area contributed by atoms with Gasteiger partial charge >= 0.3 is 17.7 Å². The lowest BCUT2D eigenvalue weighted by Crippen LogP contribution is -2.62. The van der Waals surface area contributed by atoms with Crippen molar-refractivity contribution in [2.45, 2.75) is 44.3 Å². The summed E-state index contributed by atoms with van der Waals surface area (Å²) in [6.07, 6.45) is 1.43. The normalized spacial score (nSPS) is 15.2. The van der Waals surface area contributed by atoms with Crippen LogP contribution in [0.15, 0.2) is 59.5 Å². The Morgan fingerprint density at radius 3 is 2.30 bits per heavy atom. The Morgan fingerprint density at radius 1 is 1.05 bits per heavy atom.